The van der Waals surface area contributed by atoms with Gasteiger partial charge >= 0.3 is 5.97 Å². The average Bonchev–Trinajstić information content (AvgIpc) is 4.04. The number of aryl methyl sites for hydroxylation is 2. The Morgan fingerprint density at radius 3 is 2.09 bits per heavy atom. The Bertz CT molecular complexity index is 2990. The van der Waals surface area contributed by atoms with Gasteiger partial charge < -0.3 is 38.3 Å². The highest BCUT2D eigenvalue weighted by molar-refractivity contribution is 6.15. The second-order valence-corrected chi connectivity index (χ2v) is 19.3. The van der Waals surface area contributed by atoms with E-state index in [1.165, 1.54) is 12.7 Å². The van der Waals surface area contributed by atoms with Crippen LogP contribution in [0, 0.1) is 6.92 Å². The summed E-state index contributed by atoms with van der Waals surface area (Å²) in [5.74, 6) is -0.425. The summed E-state index contributed by atoms with van der Waals surface area (Å²) in [5.41, 5.74) is 9.97. The number of rotatable bonds is 21. The zero-order valence-electron chi connectivity index (χ0n) is 42.1. The van der Waals surface area contributed by atoms with Gasteiger partial charge in [-0.15, -0.1) is 5.06 Å². The molecule has 5 aliphatic heterocycles. The van der Waals surface area contributed by atoms with Crippen molar-refractivity contribution in [2.45, 2.75) is 96.9 Å². The molecule has 1 saturated heterocycles. The maximum atomic E-state index is 14.2. The first-order valence-electron chi connectivity index (χ1n) is 25.6. The van der Waals surface area contributed by atoms with E-state index in [1.807, 2.05) is 90.8 Å². The quantitative estimate of drug-likeness (QED) is 0.0509. The molecule has 1 fully saturated rings. The fraction of sp³-hybridized carbons (Fsp3) is 0.379. The molecular formula is C58H61N5O11. The van der Waals surface area contributed by atoms with E-state index in [2.05, 4.69) is 17.9 Å². The Kier molecular flexibility index (Phi) is 15.1. The molecule has 0 radical (unpaired) electrons. The first-order chi connectivity index (χ1) is 36.1. The number of amides is 4. The van der Waals surface area contributed by atoms with Crippen LogP contribution < -0.4 is 28.9 Å². The third-order valence-electron chi connectivity index (χ3n) is 14.2. The number of fused-ring (bicyclic) bond motifs is 8. The SMILES string of the molecule is CCCOCCOCCN(CCCC(=O)ON1C(=O)CCC1=O)c1cc(COc2cc3c(cc2C)C(=O)N2c4ccccc4C[C@H]2CC3)cc(COc2cc3c(cc2OC)C(=O)N2c4ccccc4C[C@H]2C=N3)c1. The summed E-state index contributed by atoms with van der Waals surface area (Å²) in [6.45, 7) is 7.01. The second-order valence-electron chi connectivity index (χ2n) is 19.3. The zero-order chi connectivity index (χ0) is 51.3. The maximum Gasteiger partial charge on any atom is 0.333 e. The topological polar surface area (TPSA) is 166 Å². The molecule has 16 nitrogen and oxygen atoms in total. The molecule has 384 valence electrons. The first kappa shape index (κ1) is 50.0. The lowest BCUT2D eigenvalue weighted by Gasteiger charge is -2.26. The van der Waals surface area contributed by atoms with E-state index >= 15 is 0 Å². The van der Waals surface area contributed by atoms with Crippen LogP contribution in [-0.4, -0.2) is 99.6 Å². The molecule has 0 aromatic heterocycles. The highest BCUT2D eigenvalue weighted by Gasteiger charge is 2.39. The number of carbonyl (C=O) groups is 5. The number of nitrogens with zero attached hydrogens (tertiary/aromatic N) is 5. The average molecular weight is 1000 g/mol. The van der Waals surface area contributed by atoms with E-state index < -0.39 is 17.8 Å². The van der Waals surface area contributed by atoms with Crippen LogP contribution in [0.2, 0.25) is 0 Å². The number of methoxy groups -OCH3 is 1. The largest absolute Gasteiger partial charge is 0.493 e. The van der Waals surface area contributed by atoms with E-state index in [0.717, 1.165) is 70.6 Å². The van der Waals surface area contributed by atoms with Gasteiger partial charge in [0.1, 0.15) is 19.0 Å². The van der Waals surface area contributed by atoms with Crippen molar-refractivity contribution in [3.63, 3.8) is 0 Å². The Labute approximate surface area is 430 Å². The molecule has 0 saturated carbocycles. The molecule has 4 amide bonds. The van der Waals surface area contributed by atoms with Crippen LogP contribution in [0.25, 0.3) is 0 Å². The first-order valence-corrected chi connectivity index (χ1v) is 25.6. The predicted molar refractivity (Wildman–Crippen MR) is 278 cm³/mol. The number of para-hydroxylation sites is 2. The van der Waals surface area contributed by atoms with E-state index in [9.17, 15) is 24.0 Å². The number of imide groups is 1. The fourth-order valence-electron chi connectivity index (χ4n) is 10.5. The summed E-state index contributed by atoms with van der Waals surface area (Å²) >= 11 is 0. The second kappa shape index (κ2) is 22.3. The Morgan fingerprint density at radius 2 is 1.36 bits per heavy atom. The van der Waals surface area contributed by atoms with Gasteiger partial charge in [-0.3, -0.25) is 29.1 Å². The van der Waals surface area contributed by atoms with Gasteiger partial charge in [-0.25, -0.2) is 4.79 Å². The summed E-state index contributed by atoms with van der Waals surface area (Å²) < 4.78 is 30.7. The summed E-state index contributed by atoms with van der Waals surface area (Å²) in [6.07, 6.45) is 6.13. The highest BCUT2D eigenvalue weighted by Crippen LogP contribution is 2.42. The lowest BCUT2D eigenvalue weighted by Crippen LogP contribution is -2.37. The minimum absolute atomic E-state index is 0.0112. The molecule has 5 aliphatic rings. The van der Waals surface area contributed by atoms with Crippen LogP contribution in [0.15, 0.2) is 96.0 Å². The van der Waals surface area contributed by atoms with Gasteiger partial charge in [0, 0.05) is 86.3 Å². The van der Waals surface area contributed by atoms with Crippen molar-refractivity contribution >= 4 is 58.6 Å². The lowest BCUT2D eigenvalue weighted by atomic mass is 9.98. The van der Waals surface area contributed by atoms with Gasteiger partial charge in [-0.2, -0.15) is 0 Å². The molecular weight excluding hydrogens is 943 g/mol. The van der Waals surface area contributed by atoms with Crippen molar-refractivity contribution in [1.82, 2.24) is 5.06 Å². The van der Waals surface area contributed by atoms with Crippen molar-refractivity contribution in [1.29, 1.82) is 0 Å². The highest BCUT2D eigenvalue weighted by atomic mass is 16.7. The molecule has 74 heavy (non-hydrogen) atoms. The minimum atomic E-state index is -0.678. The third kappa shape index (κ3) is 10.6. The number of hydroxylamine groups is 2. The number of hydrogen-bond acceptors (Lipinski definition) is 13. The number of carbonyl (C=O) groups excluding carboxylic acids is 5. The van der Waals surface area contributed by atoms with Crippen LogP contribution >= 0.6 is 0 Å². The van der Waals surface area contributed by atoms with Crippen LogP contribution in [-0.2, 0) is 61.2 Å². The van der Waals surface area contributed by atoms with Crippen molar-refractivity contribution in [2.75, 3.05) is 61.3 Å². The van der Waals surface area contributed by atoms with Gasteiger partial charge in [-0.05, 0) is 121 Å². The molecule has 0 bridgehead atoms. The molecule has 5 aromatic rings. The van der Waals surface area contributed by atoms with Crippen LogP contribution in [0.5, 0.6) is 17.2 Å². The molecule has 0 spiro atoms. The maximum absolute atomic E-state index is 14.2. The van der Waals surface area contributed by atoms with E-state index in [4.69, 9.17) is 33.5 Å². The molecule has 0 N–H and O–H groups in total. The number of hydrogen-bond donors (Lipinski definition) is 0. The summed E-state index contributed by atoms with van der Waals surface area (Å²) in [6, 6.07) is 29.4. The number of aliphatic imine (C=N–C) groups is 1. The molecule has 16 heteroatoms. The summed E-state index contributed by atoms with van der Waals surface area (Å²) in [5, 5.41) is 0.571. The monoisotopic (exact) mass is 1000 g/mol. The normalized spacial score (nSPS) is 17.3. The van der Waals surface area contributed by atoms with Crippen molar-refractivity contribution in [3.8, 4) is 17.2 Å². The predicted octanol–water partition coefficient (Wildman–Crippen LogP) is 8.60. The number of anilines is 3. The van der Waals surface area contributed by atoms with Crippen molar-refractivity contribution in [3.05, 3.63) is 136 Å². The Hall–Kier alpha value is -7.56. The van der Waals surface area contributed by atoms with E-state index in [0.29, 0.717) is 91.5 Å². The van der Waals surface area contributed by atoms with Gasteiger partial charge in [0.25, 0.3) is 23.6 Å². The minimum Gasteiger partial charge on any atom is -0.493 e. The standard InChI is InChI=1S/C58H61N5O11/c1-4-21-70-23-24-71-22-20-60(19-9-14-56(66)74-63-54(64)17-18-55(63)65)44-27-38(35-72-51-31-40-15-16-43-29-41-10-5-7-12-49(41)61(43)57(67)46(40)25-37(51)2)26-39(28-44)36-73-53-33-48-47(32-52(53)69-3)58(68)62-45(34-59-48)30-42-11-6-8-13-50(42)62/h5-8,10-13,25-28,31-34,43,45H,4,9,14-24,29-30,35-36H2,1-3H3/t43-,45+/m1/s1. The van der Waals surface area contributed by atoms with Crippen LogP contribution in [0.3, 0.4) is 0 Å². The molecule has 5 aromatic carbocycles. The number of ether oxygens (including phenoxy) is 5. The van der Waals surface area contributed by atoms with Crippen molar-refractivity contribution in [2.24, 2.45) is 4.99 Å². The van der Waals surface area contributed by atoms with Gasteiger partial charge in [0.2, 0.25) is 0 Å². The Morgan fingerprint density at radius 1 is 0.689 bits per heavy atom. The van der Waals surface area contributed by atoms with Crippen molar-refractivity contribution < 1.29 is 52.5 Å². The van der Waals surface area contributed by atoms with Gasteiger partial charge in [0.15, 0.2) is 11.5 Å². The van der Waals surface area contributed by atoms with Crippen LogP contribution in [0.4, 0.5) is 22.7 Å². The molecule has 0 aliphatic carbocycles. The van der Waals surface area contributed by atoms with Gasteiger partial charge in [-0.1, -0.05) is 43.3 Å². The Balaban J connectivity index is 0.918. The molecule has 5 heterocycles. The fourth-order valence-corrected chi connectivity index (χ4v) is 10.5. The lowest BCUT2D eigenvalue weighted by molar-refractivity contribution is -0.197. The van der Waals surface area contributed by atoms with Gasteiger partial charge in [0.05, 0.1) is 44.2 Å². The van der Waals surface area contributed by atoms with E-state index in [1.54, 1.807) is 17.0 Å². The third-order valence-corrected chi connectivity index (χ3v) is 14.2. The molecule has 2 atom stereocenters. The zero-order valence-corrected chi connectivity index (χ0v) is 42.1. The van der Waals surface area contributed by atoms with Crippen LogP contribution in [0.1, 0.15) is 99.5 Å². The van der Waals surface area contributed by atoms with E-state index in [-0.39, 0.29) is 56.4 Å². The smallest absolute Gasteiger partial charge is 0.333 e. The number of benzene rings is 5. The molecule has 0 unspecified atom stereocenters. The summed E-state index contributed by atoms with van der Waals surface area (Å²) in [7, 11) is 1.54. The molecule has 10 rings (SSSR count). The summed E-state index contributed by atoms with van der Waals surface area (Å²) in [4.78, 5) is 81.5.